The summed E-state index contributed by atoms with van der Waals surface area (Å²) in [4.78, 5) is 23.0. The fourth-order valence-corrected chi connectivity index (χ4v) is 3.07. The summed E-state index contributed by atoms with van der Waals surface area (Å²) in [5.41, 5.74) is 5.01. The first-order chi connectivity index (χ1) is 12.0. The molecule has 3 rings (SSSR count). The molecule has 2 aromatic rings. The number of nitrogens with one attached hydrogen (secondary N) is 2. The molecule has 0 aromatic heterocycles. The third-order valence-electron chi connectivity index (χ3n) is 4.18. The molecule has 0 spiro atoms. The molecule has 4 heteroatoms. The zero-order valence-corrected chi connectivity index (χ0v) is 14.5. The van der Waals surface area contributed by atoms with Gasteiger partial charge in [0.25, 0.3) is 0 Å². The van der Waals surface area contributed by atoms with Gasteiger partial charge in [-0.15, -0.1) is 0 Å². The molecule has 0 aliphatic carbocycles. The van der Waals surface area contributed by atoms with Crippen LogP contribution in [0.4, 0.5) is 11.4 Å². The number of hydrogen-bond acceptors (Lipinski definition) is 3. The maximum atomic E-state index is 12.0. The molecule has 2 aromatic carbocycles. The molecule has 4 nitrogen and oxygen atoms in total. The van der Waals surface area contributed by atoms with Gasteiger partial charge in [-0.1, -0.05) is 42.5 Å². The zero-order valence-electron chi connectivity index (χ0n) is 14.5. The number of carbonyl (C=O) groups is 2. The number of benzene rings is 2. The van der Waals surface area contributed by atoms with E-state index in [0.717, 1.165) is 28.1 Å². The van der Waals surface area contributed by atoms with Gasteiger partial charge in [-0.2, -0.15) is 0 Å². The maximum Gasteiger partial charge on any atom is 0.221 e. The van der Waals surface area contributed by atoms with Gasteiger partial charge >= 0.3 is 0 Å². The predicted octanol–water partition coefficient (Wildman–Crippen LogP) is 4.13. The van der Waals surface area contributed by atoms with Crippen molar-refractivity contribution in [1.82, 2.24) is 0 Å². The fraction of sp³-hybridized carbons (Fsp3) is 0.238. The summed E-state index contributed by atoms with van der Waals surface area (Å²) in [5, 5.41) is 6.23. The van der Waals surface area contributed by atoms with Crippen molar-refractivity contribution in [2.45, 2.75) is 32.7 Å². The molecule has 0 unspecified atom stereocenters. The normalized spacial score (nSPS) is 16.9. The van der Waals surface area contributed by atoms with Crippen LogP contribution in [-0.4, -0.2) is 17.7 Å². The number of rotatable bonds is 3. The Balaban J connectivity index is 1.83. The fourth-order valence-electron chi connectivity index (χ4n) is 3.07. The summed E-state index contributed by atoms with van der Waals surface area (Å²) in [5.74, 6) is 0.193. The van der Waals surface area contributed by atoms with E-state index in [2.05, 4.69) is 22.8 Å². The van der Waals surface area contributed by atoms with Crippen LogP contribution in [0.5, 0.6) is 0 Å². The van der Waals surface area contributed by atoms with Crippen molar-refractivity contribution in [2.75, 3.05) is 10.6 Å². The van der Waals surface area contributed by atoms with Crippen LogP contribution < -0.4 is 10.6 Å². The largest absolute Gasteiger partial charge is 0.381 e. The minimum absolute atomic E-state index is 0.0787. The smallest absolute Gasteiger partial charge is 0.221 e. The second kappa shape index (κ2) is 7.34. The molecule has 1 amide bonds. The number of para-hydroxylation sites is 1. The minimum atomic E-state index is -0.0787. The Morgan fingerprint density at radius 2 is 1.92 bits per heavy atom. The van der Waals surface area contributed by atoms with E-state index in [1.165, 1.54) is 6.92 Å². The monoisotopic (exact) mass is 334 g/mol. The van der Waals surface area contributed by atoms with E-state index in [1.54, 1.807) is 0 Å². The molecule has 2 N–H and O–H groups in total. The van der Waals surface area contributed by atoms with Crippen LogP contribution in [0.2, 0.25) is 0 Å². The number of hydrogen-bond donors (Lipinski definition) is 2. The molecule has 25 heavy (non-hydrogen) atoms. The number of ketones is 1. The van der Waals surface area contributed by atoms with Gasteiger partial charge in [0.1, 0.15) is 5.78 Å². The minimum Gasteiger partial charge on any atom is -0.381 e. The van der Waals surface area contributed by atoms with Crippen LogP contribution in [0.15, 0.2) is 42.5 Å². The molecular weight excluding hydrogens is 312 g/mol. The SMILES string of the molecule is CC(=O)Nc1ccc(/C=C/c2cccc3c2N[C@H](C)CC(=O)C3)cc1. The lowest BCUT2D eigenvalue weighted by molar-refractivity contribution is -0.118. The van der Waals surface area contributed by atoms with Crippen LogP contribution in [0, 0.1) is 0 Å². The van der Waals surface area contributed by atoms with E-state index < -0.39 is 0 Å². The molecule has 1 atom stereocenters. The Morgan fingerprint density at radius 1 is 1.16 bits per heavy atom. The number of carbonyl (C=O) groups excluding carboxylic acids is 2. The Bertz CT molecular complexity index is 822. The standard InChI is InChI=1S/C21H22N2O2/c1-14-12-20(25)13-18-5-3-4-17(21(18)22-14)9-6-16-7-10-19(11-8-16)23-15(2)24/h3-11,14,22H,12-13H2,1-2H3,(H,23,24)/b9-6+/t14-/m1/s1. The summed E-state index contributed by atoms with van der Waals surface area (Å²) in [6.45, 7) is 3.53. The zero-order chi connectivity index (χ0) is 17.8. The van der Waals surface area contributed by atoms with Crippen molar-refractivity contribution >= 4 is 35.2 Å². The van der Waals surface area contributed by atoms with Crippen molar-refractivity contribution in [2.24, 2.45) is 0 Å². The summed E-state index contributed by atoms with van der Waals surface area (Å²) in [7, 11) is 0. The predicted molar refractivity (Wildman–Crippen MR) is 103 cm³/mol. The van der Waals surface area contributed by atoms with Crippen LogP contribution >= 0.6 is 0 Å². The number of fused-ring (bicyclic) bond motifs is 1. The summed E-state index contributed by atoms with van der Waals surface area (Å²) in [6.07, 6.45) is 5.14. The van der Waals surface area contributed by atoms with Gasteiger partial charge < -0.3 is 10.6 Å². The van der Waals surface area contributed by atoms with Crippen LogP contribution in [0.3, 0.4) is 0 Å². The molecule has 1 aliphatic rings. The van der Waals surface area contributed by atoms with Crippen molar-refractivity contribution in [1.29, 1.82) is 0 Å². The first-order valence-electron chi connectivity index (χ1n) is 8.47. The highest BCUT2D eigenvalue weighted by molar-refractivity contribution is 5.89. The average Bonchev–Trinajstić information content (AvgIpc) is 2.70. The van der Waals surface area contributed by atoms with E-state index in [1.807, 2.05) is 49.4 Å². The molecule has 1 heterocycles. The maximum absolute atomic E-state index is 12.0. The molecule has 0 saturated carbocycles. The molecule has 128 valence electrons. The summed E-state index contributed by atoms with van der Waals surface area (Å²) in [6, 6.07) is 13.9. The van der Waals surface area contributed by atoms with E-state index >= 15 is 0 Å². The van der Waals surface area contributed by atoms with Gasteiger partial charge in [-0.05, 0) is 35.7 Å². The lowest BCUT2D eigenvalue weighted by Crippen LogP contribution is -2.17. The van der Waals surface area contributed by atoms with E-state index in [-0.39, 0.29) is 17.7 Å². The van der Waals surface area contributed by atoms with Crippen molar-refractivity contribution in [3.05, 3.63) is 59.2 Å². The van der Waals surface area contributed by atoms with Crippen molar-refractivity contribution in [3.8, 4) is 0 Å². The van der Waals surface area contributed by atoms with Crippen LogP contribution in [0.1, 0.15) is 37.0 Å². The highest BCUT2D eigenvalue weighted by Gasteiger charge is 2.19. The lowest BCUT2D eigenvalue weighted by Gasteiger charge is -2.15. The summed E-state index contributed by atoms with van der Waals surface area (Å²) >= 11 is 0. The van der Waals surface area contributed by atoms with Crippen molar-refractivity contribution in [3.63, 3.8) is 0 Å². The Morgan fingerprint density at radius 3 is 2.64 bits per heavy atom. The van der Waals surface area contributed by atoms with Gasteiger partial charge in [0.2, 0.25) is 5.91 Å². The number of Topliss-reactive ketones (excluding diaryl/α,β-unsaturated/α-hetero) is 1. The highest BCUT2D eigenvalue weighted by Crippen LogP contribution is 2.28. The molecular formula is C21H22N2O2. The quantitative estimate of drug-likeness (QED) is 0.830. The van der Waals surface area contributed by atoms with E-state index in [4.69, 9.17) is 0 Å². The molecule has 1 aliphatic heterocycles. The van der Waals surface area contributed by atoms with Crippen LogP contribution in [-0.2, 0) is 16.0 Å². The third kappa shape index (κ3) is 4.35. The first-order valence-corrected chi connectivity index (χ1v) is 8.47. The Hall–Kier alpha value is -2.88. The second-order valence-electron chi connectivity index (χ2n) is 6.48. The third-order valence-corrected chi connectivity index (χ3v) is 4.18. The second-order valence-corrected chi connectivity index (χ2v) is 6.48. The van der Waals surface area contributed by atoms with Gasteiger partial charge in [-0.3, -0.25) is 9.59 Å². The average molecular weight is 334 g/mol. The van der Waals surface area contributed by atoms with Crippen LogP contribution in [0.25, 0.3) is 12.2 Å². The van der Waals surface area contributed by atoms with Crippen molar-refractivity contribution < 1.29 is 9.59 Å². The first kappa shape index (κ1) is 17.0. The van der Waals surface area contributed by atoms with Gasteiger partial charge in [0.05, 0.1) is 0 Å². The van der Waals surface area contributed by atoms with E-state index in [9.17, 15) is 9.59 Å². The van der Waals surface area contributed by atoms with Gasteiger partial charge in [-0.25, -0.2) is 0 Å². The molecule has 0 saturated heterocycles. The van der Waals surface area contributed by atoms with Gasteiger partial charge in [0, 0.05) is 37.2 Å². The number of amides is 1. The lowest BCUT2D eigenvalue weighted by atomic mass is 10.0. The highest BCUT2D eigenvalue weighted by atomic mass is 16.1. The number of anilines is 2. The molecule has 0 bridgehead atoms. The Labute approximate surface area is 148 Å². The summed E-state index contributed by atoms with van der Waals surface area (Å²) < 4.78 is 0. The molecule has 0 radical (unpaired) electrons. The topological polar surface area (TPSA) is 58.2 Å². The Kier molecular flexibility index (Phi) is 4.98. The molecule has 0 fully saturated rings. The van der Waals surface area contributed by atoms with Gasteiger partial charge in [0.15, 0.2) is 0 Å². The van der Waals surface area contributed by atoms with E-state index in [0.29, 0.717) is 12.8 Å².